The molecule has 6 nitrogen and oxygen atoms in total. The zero-order chi connectivity index (χ0) is 19.9. The molecule has 0 spiro atoms. The number of rotatable bonds is 6. The minimum absolute atomic E-state index is 0.401. The molecule has 0 aliphatic heterocycles. The van der Waals surface area contributed by atoms with Gasteiger partial charge in [-0.25, -0.2) is 4.98 Å². The molecule has 0 radical (unpaired) electrons. The first-order valence-electron chi connectivity index (χ1n) is 9.97. The summed E-state index contributed by atoms with van der Waals surface area (Å²) in [6.45, 7) is 2.16. The Morgan fingerprint density at radius 3 is 2.54 bits per heavy atom. The van der Waals surface area contributed by atoms with Crippen molar-refractivity contribution in [1.82, 2.24) is 15.3 Å². The molecule has 0 bridgehead atoms. The van der Waals surface area contributed by atoms with E-state index in [9.17, 15) is 0 Å². The maximum absolute atomic E-state index is 5.53. The van der Waals surface area contributed by atoms with Gasteiger partial charge >= 0.3 is 0 Å². The summed E-state index contributed by atoms with van der Waals surface area (Å²) < 4.78 is 0. The number of nitrogens with zero attached hydrogens (tertiary/aromatic N) is 3. The summed E-state index contributed by atoms with van der Waals surface area (Å²) in [4.78, 5) is 10.9. The van der Waals surface area contributed by atoms with Crippen LogP contribution in [0.2, 0.25) is 0 Å². The van der Waals surface area contributed by atoms with Crippen molar-refractivity contribution in [2.75, 3.05) is 29.6 Å². The van der Waals surface area contributed by atoms with Crippen molar-refractivity contribution in [2.45, 2.75) is 51.1 Å². The molecule has 28 heavy (non-hydrogen) atoms. The predicted octanol–water partition coefficient (Wildman–Crippen LogP) is 3.81. The van der Waals surface area contributed by atoms with Gasteiger partial charge in [0, 0.05) is 38.1 Å². The molecule has 0 amide bonds. The first-order valence-corrected chi connectivity index (χ1v) is 10.4. The Kier molecular flexibility index (Phi) is 7.03. The zero-order valence-corrected chi connectivity index (χ0v) is 17.7. The number of benzene rings is 1. The van der Waals surface area contributed by atoms with Crippen LogP contribution in [0.1, 0.15) is 38.2 Å². The fourth-order valence-electron chi connectivity index (χ4n) is 3.53. The third kappa shape index (κ3) is 5.55. The highest BCUT2D eigenvalue weighted by atomic mass is 32.1. The molecular formula is C21H30N6S. The lowest BCUT2D eigenvalue weighted by molar-refractivity contribution is 0.387. The van der Waals surface area contributed by atoms with Crippen LogP contribution in [0.4, 0.5) is 17.5 Å². The van der Waals surface area contributed by atoms with Gasteiger partial charge in [0.05, 0.1) is 0 Å². The minimum Gasteiger partial charge on any atom is -0.363 e. The van der Waals surface area contributed by atoms with Gasteiger partial charge in [-0.3, -0.25) is 0 Å². The predicted molar refractivity (Wildman–Crippen MR) is 121 cm³/mol. The summed E-state index contributed by atoms with van der Waals surface area (Å²) in [6, 6.07) is 11.0. The summed E-state index contributed by atoms with van der Waals surface area (Å²) in [5.74, 6) is 1.62. The van der Waals surface area contributed by atoms with Crippen LogP contribution in [0.5, 0.6) is 0 Å². The van der Waals surface area contributed by atoms with Crippen molar-refractivity contribution in [3.05, 3.63) is 42.1 Å². The number of para-hydroxylation sites is 1. The Balaban J connectivity index is 1.46. The van der Waals surface area contributed by atoms with Gasteiger partial charge in [-0.05, 0) is 62.0 Å². The van der Waals surface area contributed by atoms with E-state index in [4.69, 9.17) is 12.2 Å². The molecule has 0 unspecified atom stereocenters. The van der Waals surface area contributed by atoms with E-state index in [2.05, 4.69) is 51.0 Å². The van der Waals surface area contributed by atoms with E-state index in [1.165, 1.54) is 5.56 Å². The maximum atomic E-state index is 5.53. The van der Waals surface area contributed by atoms with Crippen LogP contribution in [0.25, 0.3) is 0 Å². The van der Waals surface area contributed by atoms with Crippen LogP contribution in [-0.2, 0) is 6.42 Å². The fraction of sp³-hybridized carbons (Fsp3) is 0.476. The van der Waals surface area contributed by atoms with Crippen molar-refractivity contribution in [3.63, 3.8) is 0 Å². The number of aryl methyl sites for hydroxylation is 1. The molecule has 1 aliphatic rings. The number of thiocarbonyl (C=S) groups is 1. The third-order valence-corrected chi connectivity index (χ3v) is 5.36. The van der Waals surface area contributed by atoms with Crippen molar-refractivity contribution in [3.8, 4) is 0 Å². The van der Waals surface area contributed by atoms with Crippen molar-refractivity contribution >= 4 is 34.8 Å². The molecule has 2 aromatic rings. The monoisotopic (exact) mass is 398 g/mol. The van der Waals surface area contributed by atoms with Crippen molar-refractivity contribution in [1.29, 1.82) is 0 Å². The lowest BCUT2D eigenvalue weighted by atomic mass is 9.91. The molecule has 1 heterocycles. The normalized spacial score (nSPS) is 19.0. The van der Waals surface area contributed by atoms with Gasteiger partial charge in [0.1, 0.15) is 5.82 Å². The quantitative estimate of drug-likeness (QED) is 0.639. The van der Waals surface area contributed by atoms with E-state index >= 15 is 0 Å². The van der Waals surface area contributed by atoms with E-state index in [0.717, 1.165) is 43.6 Å². The molecule has 0 saturated heterocycles. The topological polar surface area (TPSA) is 65.1 Å². The first-order chi connectivity index (χ1) is 13.5. The van der Waals surface area contributed by atoms with Gasteiger partial charge < -0.3 is 20.9 Å². The highest BCUT2D eigenvalue weighted by Gasteiger charge is 2.22. The second-order valence-electron chi connectivity index (χ2n) is 7.43. The maximum Gasteiger partial charge on any atom is 0.224 e. The lowest BCUT2D eigenvalue weighted by Crippen LogP contribution is -2.42. The van der Waals surface area contributed by atoms with Gasteiger partial charge in [0.25, 0.3) is 0 Å². The highest BCUT2D eigenvalue weighted by Crippen LogP contribution is 2.22. The fourth-order valence-corrected chi connectivity index (χ4v) is 3.80. The molecule has 1 aliphatic carbocycles. The standard InChI is InChI=1S/C21H30N6S/c1-4-15-7-5-6-8-18(15)25-21(28)24-17-11-9-16(10-12-17)23-20-22-14-13-19(26-20)27(2)3/h5-8,13-14,16-17H,4,9-12H2,1-3H3,(H,22,23,26)(H2,24,25,28). The van der Waals surface area contributed by atoms with Crippen LogP contribution < -0.4 is 20.9 Å². The van der Waals surface area contributed by atoms with Gasteiger partial charge in [-0.1, -0.05) is 25.1 Å². The molecule has 0 atom stereocenters. The Morgan fingerprint density at radius 1 is 1.11 bits per heavy atom. The molecule has 1 fully saturated rings. The SMILES string of the molecule is CCc1ccccc1NC(=S)NC1CCC(Nc2nccc(N(C)C)n2)CC1. The van der Waals surface area contributed by atoms with Gasteiger partial charge in [-0.15, -0.1) is 0 Å². The van der Waals surface area contributed by atoms with Gasteiger partial charge in [-0.2, -0.15) is 4.98 Å². The Bertz CT molecular complexity index is 786. The molecule has 1 saturated carbocycles. The minimum atomic E-state index is 0.401. The van der Waals surface area contributed by atoms with Crippen LogP contribution in [-0.4, -0.2) is 41.3 Å². The highest BCUT2D eigenvalue weighted by molar-refractivity contribution is 7.80. The molecule has 1 aromatic carbocycles. The summed E-state index contributed by atoms with van der Waals surface area (Å²) in [6.07, 6.45) is 7.07. The average Bonchev–Trinajstić information content (AvgIpc) is 2.70. The first kappa shape index (κ1) is 20.3. The number of nitrogens with one attached hydrogen (secondary N) is 3. The van der Waals surface area contributed by atoms with Crippen LogP contribution in [0, 0.1) is 0 Å². The lowest BCUT2D eigenvalue weighted by Gasteiger charge is -2.30. The van der Waals surface area contributed by atoms with Gasteiger partial charge in [0.15, 0.2) is 5.11 Å². The molecule has 1 aromatic heterocycles. The van der Waals surface area contributed by atoms with E-state index in [-0.39, 0.29) is 0 Å². The molecular weight excluding hydrogens is 368 g/mol. The van der Waals surface area contributed by atoms with Crippen LogP contribution >= 0.6 is 12.2 Å². The van der Waals surface area contributed by atoms with E-state index in [0.29, 0.717) is 23.1 Å². The summed E-state index contributed by atoms with van der Waals surface area (Å²) in [5, 5.41) is 11.0. The van der Waals surface area contributed by atoms with E-state index in [1.54, 1.807) is 6.20 Å². The Morgan fingerprint density at radius 2 is 1.82 bits per heavy atom. The van der Waals surface area contributed by atoms with Crippen molar-refractivity contribution < 1.29 is 0 Å². The summed E-state index contributed by atoms with van der Waals surface area (Å²) in [5.41, 5.74) is 2.37. The Labute approximate surface area is 173 Å². The second-order valence-corrected chi connectivity index (χ2v) is 7.84. The summed E-state index contributed by atoms with van der Waals surface area (Å²) >= 11 is 5.53. The van der Waals surface area contributed by atoms with Crippen LogP contribution in [0.3, 0.4) is 0 Å². The van der Waals surface area contributed by atoms with Crippen LogP contribution in [0.15, 0.2) is 36.5 Å². The number of hydrogen-bond donors (Lipinski definition) is 3. The number of aromatic nitrogens is 2. The molecule has 7 heteroatoms. The smallest absolute Gasteiger partial charge is 0.224 e. The number of hydrogen-bond acceptors (Lipinski definition) is 5. The number of anilines is 3. The second kappa shape index (κ2) is 9.68. The summed E-state index contributed by atoms with van der Waals surface area (Å²) in [7, 11) is 3.97. The van der Waals surface area contributed by atoms with E-state index in [1.807, 2.05) is 31.1 Å². The molecule has 3 rings (SSSR count). The largest absolute Gasteiger partial charge is 0.363 e. The zero-order valence-electron chi connectivity index (χ0n) is 16.9. The molecule has 3 N–H and O–H groups in total. The third-order valence-electron chi connectivity index (χ3n) is 5.14. The van der Waals surface area contributed by atoms with Gasteiger partial charge in [0.2, 0.25) is 5.95 Å². The molecule has 150 valence electrons. The van der Waals surface area contributed by atoms with E-state index < -0.39 is 0 Å². The Hall–Kier alpha value is -2.41. The van der Waals surface area contributed by atoms with Crippen molar-refractivity contribution in [2.24, 2.45) is 0 Å². The average molecular weight is 399 g/mol.